The van der Waals surface area contributed by atoms with E-state index in [9.17, 15) is 18.0 Å². The molecular formula is C26H24F3N5O. The fraction of sp³-hybridized carbons (Fsp3) is 0.269. The number of carbonyl (C=O) groups excluding carboxylic acids is 1. The Bertz CT molecular complexity index is 1300. The number of piperidine rings is 1. The molecule has 1 saturated heterocycles. The minimum atomic E-state index is -4.39. The molecule has 9 heteroatoms. The smallest absolute Gasteiger partial charge is 0.330 e. The molecule has 1 aliphatic heterocycles. The van der Waals surface area contributed by atoms with Crippen molar-refractivity contribution in [3.05, 3.63) is 95.6 Å². The fourth-order valence-electron chi connectivity index (χ4n) is 4.68. The quantitative estimate of drug-likeness (QED) is 0.399. The Kier molecular flexibility index (Phi) is 6.15. The molecule has 2 aromatic heterocycles. The predicted molar refractivity (Wildman–Crippen MR) is 124 cm³/mol. The van der Waals surface area contributed by atoms with Crippen LogP contribution in [-0.2, 0) is 12.7 Å². The number of alkyl halides is 3. The van der Waals surface area contributed by atoms with Gasteiger partial charge in [0.1, 0.15) is 0 Å². The van der Waals surface area contributed by atoms with Crippen LogP contribution in [0.4, 0.5) is 13.2 Å². The highest BCUT2D eigenvalue weighted by Gasteiger charge is 2.33. The summed E-state index contributed by atoms with van der Waals surface area (Å²) in [5.41, 5.74) is 2.85. The molecule has 1 unspecified atom stereocenters. The summed E-state index contributed by atoms with van der Waals surface area (Å²) in [6.45, 7) is 1.07. The van der Waals surface area contributed by atoms with Crippen LogP contribution in [-0.4, -0.2) is 37.3 Å². The monoisotopic (exact) mass is 479 g/mol. The van der Waals surface area contributed by atoms with Crippen LogP contribution in [0.3, 0.4) is 0 Å². The van der Waals surface area contributed by atoms with Crippen molar-refractivity contribution in [3.8, 4) is 11.1 Å². The zero-order chi connectivity index (χ0) is 24.4. The van der Waals surface area contributed by atoms with Crippen molar-refractivity contribution in [3.63, 3.8) is 0 Å². The van der Waals surface area contributed by atoms with E-state index >= 15 is 0 Å². The normalized spacial score (nSPS) is 16.4. The van der Waals surface area contributed by atoms with Gasteiger partial charge in [-0.25, -0.2) is 0 Å². The van der Waals surface area contributed by atoms with Crippen LogP contribution >= 0.6 is 0 Å². The van der Waals surface area contributed by atoms with E-state index in [1.807, 2.05) is 41.4 Å². The molecule has 3 heterocycles. The molecule has 180 valence electrons. The van der Waals surface area contributed by atoms with Crippen molar-refractivity contribution < 1.29 is 18.0 Å². The van der Waals surface area contributed by atoms with Gasteiger partial charge in [0.25, 0.3) is 5.91 Å². The van der Waals surface area contributed by atoms with Crippen molar-refractivity contribution >= 4 is 5.91 Å². The number of hydrogen-bond donors (Lipinski definition) is 1. The van der Waals surface area contributed by atoms with Gasteiger partial charge in [0.05, 0.1) is 30.0 Å². The first-order chi connectivity index (χ1) is 16.9. The van der Waals surface area contributed by atoms with Crippen LogP contribution in [0.25, 0.3) is 11.1 Å². The van der Waals surface area contributed by atoms with Gasteiger partial charge in [-0.3, -0.25) is 14.6 Å². The highest BCUT2D eigenvalue weighted by Crippen LogP contribution is 2.38. The first kappa shape index (κ1) is 22.9. The first-order valence-electron chi connectivity index (χ1n) is 11.5. The molecule has 0 saturated carbocycles. The number of aromatic nitrogens is 4. The maximum Gasteiger partial charge on any atom is 0.416 e. The molecule has 1 amide bonds. The van der Waals surface area contributed by atoms with Crippen molar-refractivity contribution in [2.45, 2.75) is 38.0 Å². The van der Waals surface area contributed by atoms with Gasteiger partial charge in [0.2, 0.25) is 0 Å². The van der Waals surface area contributed by atoms with Crippen LogP contribution in [0.5, 0.6) is 0 Å². The maximum atomic E-state index is 13.8. The Morgan fingerprint density at radius 1 is 1.06 bits per heavy atom. The van der Waals surface area contributed by atoms with Gasteiger partial charge >= 0.3 is 6.18 Å². The average molecular weight is 480 g/mol. The topological polar surface area (TPSA) is 66.8 Å². The highest BCUT2D eigenvalue weighted by atomic mass is 19.4. The van der Waals surface area contributed by atoms with Gasteiger partial charge in [0, 0.05) is 30.1 Å². The summed E-state index contributed by atoms with van der Waals surface area (Å²) < 4.78 is 40.8. The molecule has 1 aliphatic rings. The molecule has 35 heavy (non-hydrogen) atoms. The first-order valence-corrected chi connectivity index (χ1v) is 11.5. The van der Waals surface area contributed by atoms with Crippen molar-refractivity contribution in [2.75, 3.05) is 6.54 Å². The van der Waals surface area contributed by atoms with E-state index in [1.165, 1.54) is 12.1 Å². The Hall–Kier alpha value is -3.88. The molecule has 1 N–H and O–H groups in total. The summed E-state index contributed by atoms with van der Waals surface area (Å²) >= 11 is 0. The Balaban J connectivity index is 1.45. The summed E-state index contributed by atoms with van der Waals surface area (Å²) in [6, 6.07) is 14.1. The van der Waals surface area contributed by atoms with Gasteiger partial charge < -0.3 is 4.90 Å². The second-order valence-electron chi connectivity index (χ2n) is 8.64. The van der Waals surface area contributed by atoms with Crippen LogP contribution < -0.4 is 0 Å². The van der Waals surface area contributed by atoms with E-state index < -0.39 is 11.7 Å². The Morgan fingerprint density at radius 3 is 2.60 bits per heavy atom. The molecule has 0 aliphatic carbocycles. The lowest BCUT2D eigenvalue weighted by molar-refractivity contribution is -0.137. The van der Waals surface area contributed by atoms with E-state index in [4.69, 9.17) is 0 Å². The molecule has 4 aromatic rings. The van der Waals surface area contributed by atoms with Crippen molar-refractivity contribution in [1.82, 2.24) is 24.9 Å². The molecule has 0 spiro atoms. The number of rotatable bonds is 5. The number of amides is 1. The number of likely N-dealkylation sites (tertiary alicyclic amines) is 1. The van der Waals surface area contributed by atoms with E-state index in [0.717, 1.165) is 42.7 Å². The molecule has 6 nitrogen and oxygen atoms in total. The third-order valence-electron chi connectivity index (χ3n) is 6.43. The summed E-state index contributed by atoms with van der Waals surface area (Å²) in [5.74, 6) is -0.0783. The lowest BCUT2D eigenvalue weighted by Gasteiger charge is -2.36. The Labute approximate surface area is 200 Å². The average Bonchev–Trinajstić information content (AvgIpc) is 3.56. The molecule has 1 fully saturated rings. The summed E-state index contributed by atoms with van der Waals surface area (Å²) in [7, 11) is 0. The summed E-state index contributed by atoms with van der Waals surface area (Å²) in [6.07, 6.45) is 3.33. The van der Waals surface area contributed by atoms with Crippen LogP contribution in [0.1, 0.15) is 52.5 Å². The minimum absolute atomic E-state index is 0.0783. The van der Waals surface area contributed by atoms with Gasteiger partial charge in [0.15, 0.2) is 0 Å². The third kappa shape index (κ3) is 4.71. The number of carbonyl (C=O) groups is 1. The second-order valence-corrected chi connectivity index (χ2v) is 8.64. The van der Waals surface area contributed by atoms with E-state index in [1.54, 1.807) is 17.1 Å². The van der Waals surface area contributed by atoms with E-state index in [2.05, 4.69) is 15.3 Å². The zero-order valence-electron chi connectivity index (χ0n) is 18.9. The molecule has 2 aromatic carbocycles. The van der Waals surface area contributed by atoms with Gasteiger partial charge in [-0.15, -0.1) is 0 Å². The summed E-state index contributed by atoms with van der Waals surface area (Å²) in [4.78, 5) is 15.6. The number of nitrogens with zero attached hydrogens (tertiary/aromatic N) is 4. The molecule has 5 rings (SSSR count). The number of halogens is 3. The van der Waals surface area contributed by atoms with E-state index in [0.29, 0.717) is 29.8 Å². The summed E-state index contributed by atoms with van der Waals surface area (Å²) in [5, 5.41) is 11.5. The molecule has 1 atom stereocenters. The number of H-pyrrole nitrogens is 1. The van der Waals surface area contributed by atoms with Gasteiger partial charge in [-0.05, 0) is 54.7 Å². The SMILES string of the molecule is O=C(c1ccccc1Cn1cccn1)N1CCCCC1c1[nH]ncc1-c1ccc(C(F)(F)F)cc1. The zero-order valence-corrected chi connectivity index (χ0v) is 18.9. The molecule has 0 radical (unpaired) electrons. The second kappa shape index (κ2) is 9.40. The van der Waals surface area contributed by atoms with Gasteiger partial charge in [-0.2, -0.15) is 23.4 Å². The maximum absolute atomic E-state index is 13.8. The number of hydrogen-bond acceptors (Lipinski definition) is 3. The van der Waals surface area contributed by atoms with Crippen LogP contribution in [0.2, 0.25) is 0 Å². The third-order valence-corrected chi connectivity index (χ3v) is 6.43. The largest absolute Gasteiger partial charge is 0.416 e. The van der Waals surface area contributed by atoms with Crippen molar-refractivity contribution in [2.24, 2.45) is 0 Å². The highest BCUT2D eigenvalue weighted by molar-refractivity contribution is 5.96. The van der Waals surface area contributed by atoms with E-state index in [-0.39, 0.29) is 11.9 Å². The van der Waals surface area contributed by atoms with Crippen LogP contribution in [0, 0.1) is 0 Å². The predicted octanol–water partition coefficient (Wildman–Crippen LogP) is 5.71. The fourth-order valence-corrected chi connectivity index (χ4v) is 4.68. The minimum Gasteiger partial charge on any atom is -0.330 e. The lowest BCUT2D eigenvalue weighted by atomic mass is 9.93. The standard InChI is InChI=1S/C26H24F3N5O/c27-26(28,29)20-11-9-18(10-12-20)22-16-30-32-24(22)23-8-3-4-15-34(23)25(35)21-7-2-1-6-19(21)17-33-14-5-13-31-33/h1-2,5-7,9-14,16,23H,3-4,8,15,17H2,(H,30,32). The van der Waals surface area contributed by atoms with Gasteiger partial charge in [-0.1, -0.05) is 30.3 Å². The number of nitrogens with one attached hydrogen (secondary N) is 1. The molecule has 0 bridgehead atoms. The number of aromatic amines is 1. The number of benzene rings is 2. The van der Waals surface area contributed by atoms with Crippen LogP contribution in [0.15, 0.2) is 73.2 Å². The lowest BCUT2D eigenvalue weighted by Crippen LogP contribution is -2.39. The molecular weight excluding hydrogens is 455 g/mol. The Morgan fingerprint density at radius 2 is 1.86 bits per heavy atom. The van der Waals surface area contributed by atoms with Crippen molar-refractivity contribution in [1.29, 1.82) is 0 Å².